The van der Waals surface area contributed by atoms with Crippen molar-refractivity contribution < 1.29 is 4.79 Å². The van der Waals surface area contributed by atoms with E-state index in [-0.39, 0.29) is 11.8 Å². The number of unbranched alkanes of at least 4 members (excludes halogenated alkanes) is 16. The van der Waals surface area contributed by atoms with Crippen molar-refractivity contribution in [2.75, 3.05) is 0 Å². The highest BCUT2D eigenvalue weighted by Crippen LogP contribution is 2.15. The molecule has 0 aromatic rings. The molecule has 24 heavy (non-hydrogen) atoms. The van der Waals surface area contributed by atoms with Crippen LogP contribution in [0.4, 0.5) is 0 Å². The molecule has 2 N–H and O–H groups in total. The molecule has 0 aliphatic rings. The van der Waals surface area contributed by atoms with Crippen molar-refractivity contribution in [3.05, 3.63) is 0 Å². The Kier molecular flexibility index (Phi) is 18.4. The summed E-state index contributed by atoms with van der Waals surface area (Å²) in [5, 5.41) is 0. The maximum absolute atomic E-state index is 10.9. The molecule has 2 heteroatoms. The summed E-state index contributed by atoms with van der Waals surface area (Å²) >= 11 is 0. The molecule has 0 saturated heterocycles. The van der Waals surface area contributed by atoms with Crippen LogP contribution < -0.4 is 5.73 Å². The molecule has 0 fully saturated rings. The van der Waals surface area contributed by atoms with Gasteiger partial charge in [-0.2, -0.15) is 0 Å². The van der Waals surface area contributed by atoms with E-state index in [1.54, 1.807) is 0 Å². The molecule has 1 amide bonds. The van der Waals surface area contributed by atoms with Crippen LogP contribution in [0.15, 0.2) is 0 Å². The lowest BCUT2D eigenvalue weighted by molar-refractivity contribution is -0.121. The van der Waals surface area contributed by atoms with E-state index in [4.69, 9.17) is 5.73 Å². The highest BCUT2D eigenvalue weighted by molar-refractivity contribution is 5.76. The summed E-state index contributed by atoms with van der Waals surface area (Å²) in [4.78, 5) is 10.9. The summed E-state index contributed by atoms with van der Waals surface area (Å²) < 4.78 is 0. The molecule has 0 spiro atoms. The van der Waals surface area contributed by atoms with Crippen molar-refractivity contribution in [3.8, 4) is 0 Å². The van der Waals surface area contributed by atoms with Crippen LogP contribution in [-0.2, 0) is 4.79 Å². The third-order valence-corrected chi connectivity index (χ3v) is 5.23. The first-order valence-electron chi connectivity index (χ1n) is 11.0. The summed E-state index contributed by atoms with van der Waals surface area (Å²) in [6.07, 6.45) is 24.7. The fourth-order valence-electron chi connectivity index (χ4n) is 3.32. The van der Waals surface area contributed by atoms with E-state index >= 15 is 0 Å². The highest BCUT2D eigenvalue weighted by Gasteiger charge is 2.06. The molecule has 144 valence electrons. The quantitative estimate of drug-likeness (QED) is 0.249. The third-order valence-electron chi connectivity index (χ3n) is 5.23. The lowest BCUT2D eigenvalue weighted by atomic mass is 10.0. The van der Waals surface area contributed by atoms with Crippen molar-refractivity contribution in [1.29, 1.82) is 0 Å². The lowest BCUT2D eigenvalue weighted by Gasteiger charge is -2.06. The zero-order chi connectivity index (χ0) is 17.9. The van der Waals surface area contributed by atoms with Gasteiger partial charge in [0.2, 0.25) is 5.91 Å². The summed E-state index contributed by atoms with van der Waals surface area (Å²) in [7, 11) is 0. The minimum atomic E-state index is -0.147. The Morgan fingerprint density at radius 2 is 0.917 bits per heavy atom. The first-order chi connectivity index (χ1) is 11.7. The van der Waals surface area contributed by atoms with E-state index < -0.39 is 0 Å². The van der Waals surface area contributed by atoms with Crippen LogP contribution in [0, 0.1) is 5.92 Å². The molecule has 0 aromatic heterocycles. The van der Waals surface area contributed by atoms with Gasteiger partial charge < -0.3 is 5.73 Å². The second-order valence-corrected chi connectivity index (χ2v) is 7.75. The molecule has 2 nitrogen and oxygen atoms in total. The Bertz CT molecular complexity index is 265. The molecule has 1 unspecified atom stereocenters. The highest BCUT2D eigenvalue weighted by atomic mass is 16.1. The van der Waals surface area contributed by atoms with Gasteiger partial charge in [0.25, 0.3) is 0 Å². The van der Waals surface area contributed by atoms with E-state index in [9.17, 15) is 4.79 Å². The van der Waals surface area contributed by atoms with Crippen LogP contribution in [0.2, 0.25) is 0 Å². The number of amides is 1. The topological polar surface area (TPSA) is 43.1 Å². The van der Waals surface area contributed by atoms with Crippen molar-refractivity contribution in [2.24, 2.45) is 11.7 Å². The Hall–Kier alpha value is -0.530. The number of hydrogen-bond donors (Lipinski definition) is 1. The van der Waals surface area contributed by atoms with Gasteiger partial charge in [0.15, 0.2) is 0 Å². The molecule has 0 aliphatic heterocycles. The van der Waals surface area contributed by atoms with Gasteiger partial charge in [0.1, 0.15) is 0 Å². The minimum Gasteiger partial charge on any atom is -0.369 e. The van der Waals surface area contributed by atoms with Crippen LogP contribution >= 0.6 is 0 Å². The van der Waals surface area contributed by atoms with Crippen LogP contribution in [0.5, 0.6) is 0 Å². The summed E-state index contributed by atoms with van der Waals surface area (Å²) in [6.45, 7) is 4.22. The molecule has 0 radical (unpaired) electrons. The van der Waals surface area contributed by atoms with Gasteiger partial charge in [-0.1, -0.05) is 123 Å². The molecule has 0 aromatic carbocycles. The molecular formula is C22H45NO. The number of rotatable bonds is 19. The number of primary amides is 1. The fraction of sp³-hybridized carbons (Fsp3) is 0.955. The van der Waals surface area contributed by atoms with Crippen LogP contribution in [0.1, 0.15) is 129 Å². The van der Waals surface area contributed by atoms with Gasteiger partial charge in [-0.15, -0.1) is 0 Å². The van der Waals surface area contributed by atoms with E-state index in [0.29, 0.717) is 0 Å². The smallest absolute Gasteiger partial charge is 0.220 e. The molecule has 0 heterocycles. The van der Waals surface area contributed by atoms with E-state index in [1.165, 1.54) is 103 Å². The van der Waals surface area contributed by atoms with E-state index in [1.807, 2.05) is 6.92 Å². The maximum atomic E-state index is 10.9. The Morgan fingerprint density at radius 3 is 1.21 bits per heavy atom. The average molecular weight is 340 g/mol. The average Bonchev–Trinajstić information content (AvgIpc) is 2.57. The number of nitrogens with two attached hydrogens (primary N) is 1. The van der Waals surface area contributed by atoms with Crippen molar-refractivity contribution in [2.45, 2.75) is 129 Å². The van der Waals surface area contributed by atoms with E-state index in [0.717, 1.165) is 12.8 Å². The largest absolute Gasteiger partial charge is 0.369 e. The number of carbonyl (C=O) groups excluding carboxylic acids is 1. The van der Waals surface area contributed by atoms with Crippen LogP contribution in [0.3, 0.4) is 0 Å². The van der Waals surface area contributed by atoms with Gasteiger partial charge >= 0.3 is 0 Å². The van der Waals surface area contributed by atoms with Crippen LogP contribution in [-0.4, -0.2) is 5.91 Å². The monoisotopic (exact) mass is 339 g/mol. The maximum Gasteiger partial charge on any atom is 0.220 e. The second kappa shape index (κ2) is 18.8. The summed E-state index contributed by atoms with van der Waals surface area (Å²) in [5.74, 6) is -0.0900. The molecule has 0 saturated carbocycles. The zero-order valence-corrected chi connectivity index (χ0v) is 16.8. The first-order valence-corrected chi connectivity index (χ1v) is 11.0. The zero-order valence-electron chi connectivity index (χ0n) is 16.8. The van der Waals surface area contributed by atoms with Crippen molar-refractivity contribution in [3.63, 3.8) is 0 Å². The SMILES string of the molecule is CCCCCCCCCCCCCCCCCCCC(C)C(N)=O. The molecule has 1 atom stereocenters. The lowest BCUT2D eigenvalue weighted by Crippen LogP contribution is -2.20. The minimum absolute atomic E-state index is 0.0568. The summed E-state index contributed by atoms with van der Waals surface area (Å²) in [6, 6.07) is 0. The first kappa shape index (κ1) is 23.5. The van der Waals surface area contributed by atoms with Crippen LogP contribution in [0.25, 0.3) is 0 Å². The van der Waals surface area contributed by atoms with Gasteiger partial charge in [0.05, 0.1) is 0 Å². The predicted octanol–water partition coefficient (Wildman–Crippen LogP) is 7.15. The molecule has 0 bridgehead atoms. The normalized spacial score (nSPS) is 12.4. The summed E-state index contributed by atoms with van der Waals surface area (Å²) in [5.41, 5.74) is 5.27. The Labute approximate surface area is 152 Å². The van der Waals surface area contributed by atoms with Gasteiger partial charge in [0, 0.05) is 5.92 Å². The molecular weight excluding hydrogens is 294 g/mol. The second-order valence-electron chi connectivity index (χ2n) is 7.75. The van der Waals surface area contributed by atoms with Crippen molar-refractivity contribution in [1.82, 2.24) is 0 Å². The Balaban J connectivity index is 3.04. The standard InChI is InChI=1S/C22H45NO/c1-3-4-5-6-7-8-9-10-11-12-13-14-15-16-17-18-19-20-21(2)22(23)24/h21H,3-20H2,1-2H3,(H2,23,24). The molecule has 0 aliphatic carbocycles. The number of hydrogen-bond acceptors (Lipinski definition) is 1. The Morgan fingerprint density at radius 1 is 0.625 bits per heavy atom. The molecule has 0 rings (SSSR count). The van der Waals surface area contributed by atoms with Crippen molar-refractivity contribution >= 4 is 5.91 Å². The van der Waals surface area contributed by atoms with Gasteiger partial charge in [-0.05, 0) is 6.42 Å². The fourth-order valence-corrected chi connectivity index (χ4v) is 3.32. The van der Waals surface area contributed by atoms with Gasteiger partial charge in [-0.3, -0.25) is 4.79 Å². The predicted molar refractivity (Wildman–Crippen MR) is 107 cm³/mol. The van der Waals surface area contributed by atoms with Gasteiger partial charge in [-0.25, -0.2) is 0 Å². The number of carbonyl (C=O) groups is 1. The van der Waals surface area contributed by atoms with E-state index in [2.05, 4.69) is 6.92 Å². The third kappa shape index (κ3) is 17.8.